The first kappa shape index (κ1) is 28.1. The van der Waals surface area contributed by atoms with Crippen LogP contribution in [-0.2, 0) is 6.42 Å². The second-order valence-electron chi connectivity index (χ2n) is 10.4. The van der Waals surface area contributed by atoms with Gasteiger partial charge in [-0.15, -0.1) is 0 Å². The minimum Gasteiger partial charge on any atom is -0.314 e. The zero-order valence-electron chi connectivity index (χ0n) is 23.7. The van der Waals surface area contributed by atoms with E-state index in [9.17, 15) is 9.59 Å². The molecule has 0 saturated heterocycles. The fourth-order valence-electron chi connectivity index (χ4n) is 5.09. The van der Waals surface area contributed by atoms with Crippen LogP contribution in [0.15, 0.2) is 95.8 Å². The van der Waals surface area contributed by atoms with Gasteiger partial charge in [0, 0.05) is 17.3 Å². The molecular formula is C34H33ClN4O2. The molecule has 0 aliphatic carbocycles. The van der Waals surface area contributed by atoms with E-state index in [4.69, 9.17) is 16.6 Å². The van der Waals surface area contributed by atoms with Crippen LogP contribution in [0.3, 0.4) is 0 Å². The second-order valence-corrected chi connectivity index (χ2v) is 10.8. The molecule has 1 aromatic heterocycles. The molecule has 1 heterocycles. The normalized spacial score (nSPS) is 11.8. The summed E-state index contributed by atoms with van der Waals surface area (Å²) in [5.41, 5.74) is 5.89. The van der Waals surface area contributed by atoms with Gasteiger partial charge in [0.25, 0.3) is 5.56 Å². The quantitative estimate of drug-likeness (QED) is 0.219. The topological polar surface area (TPSA) is 67.2 Å². The van der Waals surface area contributed by atoms with E-state index in [1.165, 1.54) is 0 Å². The van der Waals surface area contributed by atoms with Gasteiger partial charge in [-0.3, -0.25) is 9.36 Å². The van der Waals surface area contributed by atoms with Gasteiger partial charge in [-0.25, -0.2) is 9.78 Å². The number of carbonyl (C=O) groups is 1. The molecule has 0 fully saturated rings. The lowest BCUT2D eigenvalue weighted by Gasteiger charge is -2.31. The molecule has 208 valence electrons. The van der Waals surface area contributed by atoms with Crippen molar-refractivity contribution >= 4 is 34.2 Å². The highest BCUT2D eigenvalue weighted by Gasteiger charge is 2.27. The van der Waals surface area contributed by atoms with Crippen LogP contribution in [0.5, 0.6) is 0 Å². The Morgan fingerprint density at radius 3 is 2.29 bits per heavy atom. The van der Waals surface area contributed by atoms with Crippen LogP contribution in [0.4, 0.5) is 10.5 Å². The van der Waals surface area contributed by atoms with Crippen molar-refractivity contribution in [3.8, 4) is 5.69 Å². The Balaban J connectivity index is 1.63. The summed E-state index contributed by atoms with van der Waals surface area (Å²) in [5, 5.41) is 4.09. The Kier molecular flexibility index (Phi) is 8.22. The van der Waals surface area contributed by atoms with E-state index in [1.54, 1.807) is 27.7 Å². The first-order valence-corrected chi connectivity index (χ1v) is 14.1. The number of hydrogen-bond donors (Lipinski definition) is 1. The van der Waals surface area contributed by atoms with Crippen LogP contribution >= 0.6 is 11.6 Å². The highest BCUT2D eigenvalue weighted by molar-refractivity contribution is 6.31. The maximum absolute atomic E-state index is 14.0. The zero-order chi connectivity index (χ0) is 29.1. The number of urea groups is 1. The Morgan fingerprint density at radius 1 is 0.927 bits per heavy atom. The first-order chi connectivity index (χ1) is 19.7. The highest BCUT2D eigenvalue weighted by atomic mass is 35.5. The lowest BCUT2D eigenvalue weighted by molar-refractivity contribution is 0.190. The number of aryl methyl sites for hydroxylation is 3. The van der Waals surface area contributed by atoms with Crippen LogP contribution in [-0.4, -0.2) is 27.0 Å². The number of fused-ring (bicyclic) bond motifs is 1. The summed E-state index contributed by atoms with van der Waals surface area (Å²) >= 11 is 6.30. The minimum atomic E-state index is -0.555. The number of aromatic nitrogens is 2. The smallest absolute Gasteiger partial charge is 0.314 e. The molecule has 6 nitrogen and oxygen atoms in total. The third-order valence-electron chi connectivity index (χ3n) is 7.45. The van der Waals surface area contributed by atoms with E-state index >= 15 is 0 Å². The third-order valence-corrected chi connectivity index (χ3v) is 7.68. The molecule has 2 amide bonds. The van der Waals surface area contributed by atoms with Crippen molar-refractivity contribution < 1.29 is 4.79 Å². The summed E-state index contributed by atoms with van der Waals surface area (Å²) in [6.07, 6.45) is 0.638. The number of nitrogens with zero attached hydrogens (tertiary/aromatic N) is 3. The van der Waals surface area contributed by atoms with Crippen molar-refractivity contribution in [1.29, 1.82) is 0 Å². The Morgan fingerprint density at radius 2 is 1.61 bits per heavy atom. The molecule has 7 heteroatoms. The monoisotopic (exact) mass is 564 g/mol. The molecule has 0 aliphatic heterocycles. The van der Waals surface area contributed by atoms with Gasteiger partial charge in [-0.2, -0.15) is 0 Å². The molecule has 41 heavy (non-hydrogen) atoms. The van der Waals surface area contributed by atoms with Gasteiger partial charge in [0.05, 0.1) is 22.6 Å². The average Bonchev–Trinajstić information content (AvgIpc) is 2.96. The Bertz CT molecular complexity index is 1740. The fourth-order valence-corrected chi connectivity index (χ4v) is 5.26. The average molecular weight is 565 g/mol. The lowest BCUT2D eigenvalue weighted by atomic mass is 10.1. The number of rotatable bonds is 7. The van der Waals surface area contributed by atoms with Gasteiger partial charge in [0.15, 0.2) is 0 Å². The molecule has 5 rings (SSSR count). The van der Waals surface area contributed by atoms with Crippen LogP contribution in [0.25, 0.3) is 16.6 Å². The van der Waals surface area contributed by atoms with E-state index in [1.807, 2.05) is 100 Å². The number of amides is 2. The number of benzene rings is 4. The molecule has 0 spiro atoms. The lowest BCUT2D eigenvalue weighted by Crippen LogP contribution is -2.41. The van der Waals surface area contributed by atoms with Crippen molar-refractivity contribution in [1.82, 2.24) is 14.5 Å². The summed E-state index contributed by atoms with van der Waals surface area (Å²) in [6, 6.07) is 28.0. The van der Waals surface area contributed by atoms with Crippen LogP contribution in [0.1, 0.15) is 41.0 Å². The van der Waals surface area contributed by atoms with Crippen LogP contribution in [0.2, 0.25) is 5.02 Å². The molecule has 0 aliphatic rings. The number of anilines is 1. The molecule has 0 saturated carbocycles. The number of carbonyl (C=O) groups excluding carboxylic acids is 1. The molecule has 1 atom stereocenters. The van der Waals surface area contributed by atoms with E-state index in [-0.39, 0.29) is 11.6 Å². The summed E-state index contributed by atoms with van der Waals surface area (Å²) in [5.74, 6) is 0.457. The van der Waals surface area contributed by atoms with E-state index in [2.05, 4.69) is 5.32 Å². The Labute approximate surface area is 245 Å². The molecule has 0 bridgehead atoms. The maximum Gasteiger partial charge on any atom is 0.322 e. The Hall–Kier alpha value is -4.42. The molecular weight excluding hydrogens is 532 g/mol. The fraction of sp³-hybridized carbons (Fsp3) is 0.206. The van der Waals surface area contributed by atoms with Gasteiger partial charge in [0.2, 0.25) is 0 Å². The standard InChI is InChI=1S/C34H33ClN4O2/c1-22-13-16-28(17-14-22)39-32(36-30-21-27(35)15-18-29(30)33(39)40)25(4)38(20-19-26-11-6-5-7-12-26)34(41)37-31-23(2)9-8-10-24(31)3/h5-18,21,25H,19-20H2,1-4H3,(H,37,41). The number of halogens is 1. The van der Waals surface area contributed by atoms with E-state index < -0.39 is 6.04 Å². The van der Waals surface area contributed by atoms with Gasteiger partial charge in [-0.1, -0.05) is 77.8 Å². The van der Waals surface area contributed by atoms with Gasteiger partial charge in [-0.05, 0) is 81.1 Å². The van der Waals surface area contributed by atoms with E-state index in [0.29, 0.717) is 40.4 Å². The summed E-state index contributed by atoms with van der Waals surface area (Å²) in [7, 11) is 0. The van der Waals surface area contributed by atoms with Crippen molar-refractivity contribution in [2.24, 2.45) is 0 Å². The van der Waals surface area contributed by atoms with Crippen molar-refractivity contribution in [2.45, 2.75) is 40.2 Å². The van der Waals surface area contributed by atoms with Gasteiger partial charge < -0.3 is 10.2 Å². The van der Waals surface area contributed by atoms with Crippen molar-refractivity contribution in [3.63, 3.8) is 0 Å². The minimum absolute atomic E-state index is 0.212. The third kappa shape index (κ3) is 6.03. The van der Waals surface area contributed by atoms with Crippen LogP contribution in [0, 0.1) is 20.8 Å². The highest BCUT2D eigenvalue weighted by Crippen LogP contribution is 2.27. The van der Waals surface area contributed by atoms with Crippen molar-refractivity contribution in [2.75, 3.05) is 11.9 Å². The SMILES string of the molecule is Cc1ccc(-n2c(C(C)N(CCc3ccccc3)C(=O)Nc3c(C)cccc3C)nc3cc(Cl)ccc3c2=O)cc1. The number of nitrogens with one attached hydrogen (secondary N) is 1. The second kappa shape index (κ2) is 12.0. The molecule has 0 radical (unpaired) electrons. The predicted molar refractivity (Wildman–Crippen MR) is 167 cm³/mol. The first-order valence-electron chi connectivity index (χ1n) is 13.7. The van der Waals surface area contributed by atoms with Gasteiger partial charge >= 0.3 is 6.03 Å². The molecule has 1 N–H and O–H groups in total. The zero-order valence-corrected chi connectivity index (χ0v) is 24.4. The summed E-state index contributed by atoms with van der Waals surface area (Å²) < 4.78 is 1.61. The number of para-hydroxylation sites is 1. The molecule has 5 aromatic rings. The van der Waals surface area contributed by atoms with E-state index in [0.717, 1.165) is 27.9 Å². The predicted octanol–water partition coefficient (Wildman–Crippen LogP) is 7.80. The van der Waals surface area contributed by atoms with Gasteiger partial charge in [0.1, 0.15) is 5.82 Å². The number of hydrogen-bond acceptors (Lipinski definition) is 3. The largest absolute Gasteiger partial charge is 0.322 e. The summed E-state index contributed by atoms with van der Waals surface area (Å²) in [6.45, 7) is 8.28. The van der Waals surface area contributed by atoms with Crippen LogP contribution < -0.4 is 10.9 Å². The van der Waals surface area contributed by atoms with Crippen molar-refractivity contribution in [3.05, 3.63) is 134 Å². The molecule has 4 aromatic carbocycles. The maximum atomic E-state index is 14.0. The molecule has 1 unspecified atom stereocenters. The summed E-state index contributed by atoms with van der Waals surface area (Å²) in [4.78, 5) is 34.7.